The van der Waals surface area contributed by atoms with E-state index in [0.717, 1.165) is 16.8 Å². The highest BCUT2D eigenvalue weighted by atomic mass is 14.7. The highest BCUT2D eigenvalue weighted by Crippen LogP contribution is 2.21. The van der Waals surface area contributed by atoms with E-state index in [1.807, 2.05) is 31.3 Å². The zero-order valence-electron chi connectivity index (χ0n) is 8.41. The van der Waals surface area contributed by atoms with Crippen LogP contribution in [0.5, 0.6) is 0 Å². The van der Waals surface area contributed by atoms with Gasteiger partial charge in [-0.2, -0.15) is 0 Å². The molecular formula is C13H12N. The second kappa shape index (κ2) is 3.62. The highest BCUT2D eigenvalue weighted by molar-refractivity contribution is 5.65. The lowest BCUT2D eigenvalue weighted by Crippen LogP contribution is -1.85. The Bertz CT molecular complexity index is 429. The Morgan fingerprint density at radius 2 is 2.00 bits per heavy atom. The van der Waals surface area contributed by atoms with Crippen LogP contribution in [0.3, 0.4) is 0 Å². The maximum atomic E-state index is 4.28. The van der Waals surface area contributed by atoms with Gasteiger partial charge in [0.25, 0.3) is 0 Å². The predicted octanol–water partition coefficient (Wildman–Crippen LogP) is 3.17. The highest BCUT2D eigenvalue weighted by Gasteiger charge is 2.00. The molecule has 0 saturated heterocycles. The first kappa shape index (κ1) is 8.95. The van der Waals surface area contributed by atoms with Gasteiger partial charge in [-0.3, -0.25) is 4.98 Å². The van der Waals surface area contributed by atoms with Crippen molar-refractivity contribution in [2.75, 3.05) is 0 Å². The molecule has 1 aromatic carbocycles. The van der Waals surface area contributed by atoms with E-state index >= 15 is 0 Å². The number of aromatic nitrogens is 1. The molecular weight excluding hydrogens is 170 g/mol. The number of benzene rings is 1. The fourth-order valence-electron chi connectivity index (χ4n) is 1.46. The summed E-state index contributed by atoms with van der Waals surface area (Å²) in [7, 11) is 0. The Balaban J connectivity index is 2.50. The van der Waals surface area contributed by atoms with Crippen LogP contribution in [0.15, 0.2) is 36.5 Å². The summed E-state index contributed by atoms with van der Waals surface area (Å²) in [4.78, 5) is 4.28. The molecule has 1 nitrogen and oxygen atoms in total. The summed E-state index contributed by atoms with van der Waals surface area (Å²) in [6.45, 7) is 4.06. The Morgan fingerprint density at radius 1 is 1.14 bits per heavy atom. The van der Waals surface area contributed by atoms with Gasteiger partial charge in [0, 0.05) is 17.5 Å². The molecule has 0 aliphatic carbocycles. The van der Waals surface area contributed by atoms with Gasteiger partial charge in [0.1, 0.15) is 0 Å². The van der Waals surface area contributed by atoms with Crippen molar-refractivity contribution < 1.29 is 0 Å². The average Bonchev–Trinajstić information content (AvgIpc) is 2.20. The molecule has 1 heteroatoms. The van der Waals surface area contributed by atoms with Gasteiger partial charge in [0.05, 0.1) is 0 Å². The van der Waals surface area contributed by atoms with Gasteiger partial charge in [0.2, 0.25) is 0 Å². The van der Waals surface area contributed by atoms with Crippen molar-refractivity contribution in [1.82, 2.24) is 4.98 Å². The maximum Gasteiger partial charge on any atom is 0.0373 e. The van der Waals surface area contributed by atoms with Crippen molar-refractivity contribution in [1.29, 1.82) is 0 Å². The van der Waals surface area contributed by atoms with Gasteiger partial charge < -0.3 is 0 Å². The van der Waals surface area contributed by atoms with Crippen LogP contribution in [0.25, 0.3) is 11.1 Å². The molecule has 1 aromatic heterocycles. The third-order valence-corrected chi connectivity index (χ3v) is 2.29. The molecule has 0 bridgehead atoms. The van der Waals surface area contributed by atoms with Crippen molar-refractivity contribution in [2.24, 2.45) is 0 Å². The number of nitrogens with zero attached hydrogens (tertiary/aromatic N) is 1. The van der Waals surface area contributed by atoms with E-state index in [9.17, 15) is 0 Å². The van der Waals surface area contributed by atoms with Crippen LogP contribution >= 0.6 is 0 Å². The lowest BCUT2D eigenvalue weighted by molar-refractivity contribution is 1.20. The number of pyridine rings is 1. The van der Waals surface area contributed by atoms with Crippen molar-refractivity contribution in [2.45, 2.75) is 13.8 Å². The van der Waals surface area contributed by atoms with E-state index < -0.39 is 0 Å². The standard InChI is InChI=1S/C13H12N/c1-10-5-3-4-6-13(10)12-8-7-11(2)14-9-12/h3-4,6-9H,1-2H3. The van der Waals surface area contributed by atoms with Crippen LogP contribution in [-0.2, 0) is 0 Å². The first-order valence-corrected chi connectivity index (χ1v) is 4.68. The fraction of sp³-hybridized carbons (Fsp3) is 0.154. The van der Waals surface area contributed by atoms with Gasteiger partial charge in [-0.05, 0) is 37.1 Å². The van der Waals surface area contributed by atoms with E-state index in [1.54, 1.807) is 0 Å². The second-order valence-corrected chi connectivity index (χ2v) is 3.40. The molecule has 0 atom stereocenters. The summed E-state index contributed by atoms with van der Waals surface area (Å²) >= 11 is 0. The monoisotopic (exact) mass is 182 g/mol. The first-order valence-electron chi connectivity index (χ1n) is 4.68. The third kappa shape index (κ3) is 1.67. The Labute approximate surface area is 84.4 Å². The molecule has 0 fully saturated rings. The summed E-state index contributed by atoms with van der Waals surface area (Å²) < 4.78 is 0. The topological polar surface area (TPSA) is 12.9 Å². The molecule has 0 aliphatic heterocycles. The fourth-order valence-corrected chi connectivity index (χ4v) is 1.46. The van der Waals surface area contributed by atoms with Crippen LogP contribution in [0.2, 0.25) is 0 Å². The Hall–Kier alpha value is -1.63. The number of aryl methyl sites for hydroxylation is 2. The molecule has 0 unspecified atom stereocenters. The van der Waals surface area contributed by atoms with Crippen molar-refractivity contribution in [3.8, 4) is 11.1 Å². The Morgan fingerprint density at radius 3 is 2.64 bits per heavy atom. The minimum Gasteiger partial charge on any atom is -0.261 e. The zero-order valence-corrected chi connectivity index (χ0v) is 8.41. The molecule has 1 radical (unpaired) electrons. The molecule has 0 aliphatic rings. The quantitative estimate of drug-likeness (QED) is 0.660. The van der Waals surface area contributed by atoms with Gasteiger partial charge in [-0.25, -0.2) is 0 Å². The van der Waals surface area contributed by atoms with E-state index in [1.165, 1.54) is 5.56 Å². The molecule has 69 valence electrons. The van der Waals surface area contributed by atoms with Crippen LogP contribution < -0.4 is 0 Å². The lowest BCUT2D eigenvalue weighted by Gasteiger charge is -2.04. The molecule has 0 amide bonds. The van der Waals surface area contributed by atoms with Crippen LogP contribution in [-0.4, -0.2) is 4.98 Å². The Kier molecular flexibility index (Phi) is 2.32. The zero-order chi connectivity index (χ0) is 9.97. The van der Waals surface area contributed by atoms with Crippen LogP contribution in [0, 0.1) is 19.9 Å². The van der Waals surface area contributed by atoms with E-state index in [-0.39, 0.29) is 0 Å². The van der Waals surface area contributed by atoms with E-state index in [0.29, 0.717) is 0 Å². The predicted molar refractivity (Wildman–Crippen MR) is 58.0 cm³/mol. The van der Waals surface area contributed by atoms with Crippen molar-refractivity contribution in [3.05, 3.63) is 53.9 Å². The van der Waals surface area contributed by atoms with Crippen molar-refractivity contribution >= 4 is 0 Å². The van der Waals surface area contributed by atoms with E-state index in [2.05, 4.69) is 30.1 Å². The molecule has 0 saturated carbocycles. The van der Waals surface area contributed by atoms with Crippen LogP contribution in [0.4, 0.5) is 0 Å². The van der Waals surface area contributed by atoms with Crippen LogP contribution in [0.1, 0.15) is 11.3 Å². The third-order valence-electron chi connectivity index (χ3n) is 2.29. The minimum atomic E-state index is 1.05. The van der Waals surface area contributed by atoms with E-state index in [4.69, 9.17) is 0 Å². The normalized spacial score (nSPS) is 10.1. The number of hydrogen-bond donors (Lipinski definition) is 0. The van der Waals surface area contributed by atoms with Gasteiger partial charge in [-0.1, -0.05) is 24.3 Å². The molecule has 2 aromatic rings. The molecule has 0 N–H and O–H groups in total. The molecule has 0 spiro atoms. The number of rotatable bonds is 1. The number of hydrogen-bond acceptors (Lipinski definition) is 1. The average molecular weight is 182 g/mol. The first-order chi connectivity index (χ1) is 6.77. The second-order valence-electron chi connectivity index (χ2n) is 3.40. The van der Waals surface area contributed by atoms with Crippen molar-refractivity contribution in [3.63, 3.8) is 0 Å². The minimum absolute atomic E-state index is 1.05. The lowest BCUT2D eigenvalue weighted by atomic mass is 10.0. The smallest absolute Gasteiger partial charge is 0.0373 e. The molecule has 1 heterocycles. The summed E-state index contributed by atoms with van der Waals surface area (Å²) in [6.07, 6.45) is 1.91. The summed E-state index contributed by atoms with van der Waals surface area (Å²) in [5, 5.41) is 0. The largest absolute Gasteiger partial charge is 0.261 e. The van der Waals surface area contributed by atoms with Gasteiger partial charge in [-0.15, -0.1) is 0 Å². The SMILES string of the molecule is Cc1ccc(-c2ccc[c]c2C)cn1. The maximum absolute atomic E-state index is 4.28. The molecule has 14 heavy (non-hydrogen) atoms. The summed E-state index contributed by atoms with van der Waals surface area (Å²) in [6, 6.07) is 13.3. The summed E-state index contributed by atoms with van der Waals surface area (Å²) in [5.74, 6) is 0. The molecule has 2 rings (SSSR count). The van der Waals surface area contributed by atoms with Gasteiger partial charge in [0.15, 0.2) is 0 Å². The van der Waals surface area contributed by atoms with Gasteiger partial charge >= 0.3 is 0 Å². The summed E-state index contributed by atoms with van der Waals surface area (Å²) in [5.41, 5.74) is 4.58.